The smallest absolute Gasteiger partial charge is 0.436 e. The average molecular weight is 239 g/mol. The number of carbonyl (C=O) groups excluding carboxylic acids is 1. The zero-order chi connectivity index (χ0) is 12.8. The molecule has 0 radical (unpaired) electrons. The molecular formula is C9H9N3O5. The minimum Gasteiger partial charge on any atom is -0.436 e. The van der Waals surface area contributed by atoms with Gasteiger partial charge in [-0.2, -0.15) is 5.48 Å². The van der Waals surface area contributed by atoms with Crippen LogP contribution < -0.4 is 5.48 Å². The summed E-state index contributed by atoms with van der Waals surface area (Å²) in [6.45, 7) is 0. The molecule has 90 valence electrons. The van der Waals surface area contributed by atoms with Crippen LogP contribution >= 0.6 is 0 Å². The van der Waals surface area contributed by atoms with Crippen molar-refractivity contribution in [3.63, 3.8) is 0 Å². The van der Waals surface area contributed by atoms with Crippen LogP contribution in [0.5, 0.6) is 0 Å². The fourth-order valence-corrected chi connectivity index (χ4v) is 0.943. The van der Waals surface area contributed by atoms with Crippen LogP contribution in [0.2, 0.25) is 0 Å². The van der Waals surface area contributed by atoms with Crippen LogP contribution in [0.3, 0.4) is 0 Å². The lowest BCUT2D eigenvalue weighted by molar-refractivity contribution is -0.384. The van der Waals surface area contributed by atoms with E-state index in [-0.39, 0.29) is 11.5 Å². The number of methoxy groups -OCH3 is 1. The zero-order valence-electron chi connectivity index (χ0n) is 8.80. The molecule has 2 N–H and O–H groups in total. The highest BCUT2D eigenvalue weighted by Crippen LogP contribution is 2.11. The van der Waals surface area contributed by atoms with Crippen molar-refractivity contribution in [2.75, 3.05) is 7.11 Å². The monoisotopic (exact) mass is 239 g/mol. The lowest BCUT2D eigenvalue weighted by Crippen LogP contribution is -2.26. The van der Waals surface area contributed by atoms with Crippen molar-refractivity contribution in [1.82, 2.24) is 5.48 Å². The molecule has 0 bridgehead atoms. The topological polar surface area (TPSA) is 115 Å². The highest BCUT2D eigenvalue weighted by molar-refractivity contribution is 5.96. The number of hydrogen-bond acceptors (Lipinski definition) is 6. The van der Waals surface area contributed by atoms with Crippen molar-refractivity contribution in [3.05, 3.63) is 39.9 Å². The number of non-ortho nitro benzene ring substituents is 1. The number of rotatable bonds is 2. The summed E-state index contributed by atoms with van der Waals surface area (Å²) in [6.07, 6.45) is -0.989. The van der Waals surface area contributed by atoms with Gasteiger partial charge in [-0.1, -0.05) is 0 Å². The Bertz CT molecular complexity index is 442. The van der Waals surface area contributed by atoms with Gasteiger partial charge in [-0.15, -0.1) is 0 Å². The predicted octanol–water partition coefficient (Wildman–Crippen LogP) is 1.21. The number of carbonyl (C=O) groups is 1. The number of nitrogens with zero attached hydrogens (tertiary/aromatic N) is 1. The molecule has 0 amide bonds. The second-order valence-electron chi connectivity index (χ2n) is 2.84. The number of amidine groups is 1. The lowest BCUT2D eigenvalue weighted by atomic mass is 10.2. The van der Waals surface area contributed by atoms with Gasteiger partial charge >= 0.3 is 6.16 Å². The first kappa shape index (κ1) is 12.4. The summed E-state index contributed by atoms with van der Waals surface area (Å²) in [5.41, 5.74) is 2.28. The number of nitro groups is 1. The number of nitro benzene ring substituents is 1. The van der Waals surface area contributed by atoms with Crippen molar-refractivity contribution in [3.8, 4) is 0 Å². The van der Waals surface area contributed by atoms with Gasteiger partial charge in [0.15, 0.2) is 5.84 Å². The molecule has 0 aliphatic heterocycles. The summed E-state index contributed by atoms with van der Waals surface area (Å²) in [6, 6.07) is 5.19. The molecule has 0 aliphatic carbocycles. The maximum absolute atomic E-state index is 10.6. The van der Waals surface area contributed by atoms with E-state index in [0.717, 1.165) is 7.11 Å². The molecule has 8 nitrogen and oxygen atoms in total. The van der Waals surface area contributed by atoms with Crippen LogP contribution in [0.25, 0.3) is 0 Å². The largest absolute Gasteiger partial charge is 0.532 e. The van der Waals surface area contributed by atoms with Gasteiger partial charge in [-0.25, -0.2) is 4.79 Å². The van der Waals surface area contributed by atoms with Crippen LogP contribution in [0.1, 0.15) is 5.56 Å². The Balaban J connectivity index is 2.64. The van der Waals surface area contributed by atoms with Crippen molar-refractivity contribution >= 4 is 17.7 Å². The van der Waals surface area contributed by atoms with Gasteiger partial charge in [0.25, 0.3) is 5.69 Å². The molecule has 0 fully saturated rings. The second kappa shape index (κ2) is 5.45. The highest BCUT2D eigenvalue weighted by Gasteiger charge is 2.08. The number of nitrogens with one attached hydrogen (secondary N) is 2. The molecule has 1 aromatic rings. The first-order valence-electron chi connectivity index (χ1n) is 4.38. The molecule has 8 heteroatoms. The molecular weight excluding hydrogens is 230 g/mol. The number of ether oxygens (including phenoxy) is 1. The van der Waals surface area contributed by atoms with Crippen LogP contribution in [0.4, 0.5) is 10.5 Å². The quantitative estimate of drug-likeness (QED) is 0.263. The van der Waals surface area contributed by atoms with E-state index >= 15 is 0 Å². The van der Waals surface area contributed by atoms with E-state index in [9.17, 15) is 14.9 Å². The number of hydroxylamine groups is 1. The molecule has 0 heterocycles. The predicted molar refractivity (Wildman–Crippen MR) is 56.6 cm³/mol. The Kier molecular flexibility index (Phi) is 3.98. The molecule has 17 heavy (non-hydrogen) atoms. The molecule has 0 spiro atoms. The third-order valence-electron chi connectivity index (χ3n) is 1.77. The van der Waals surface area contributed by atoms with E-state index in [2.05, 4.69) is 9.57 Å². The Morgan fingerprint density at radius 1 is 1.41 bits per heavy atom. The molecule has 1 aromatic carbocycles. The first-order valence-corrected chi connectivity index (χ1v) is 4.38. The van der Waals surface area contributed by atoms with Crippen molar-refractivity contribution in [2.24, 2.45) is 0 Å². The third kappa shape index (κ3) is 3.45. The minimum atomic E-state index is -0.989. The van der Waals surface area contributed by atoms with Gasteiger partial charge in [-0.3, -0.25) is 15.5 Å². The Hall–Kier alpha value is -2.64. The van der Waals surface area contributed by atoms with Crippen LogP contribution in [0.15, 0.2) is 24.3 Å². The summed E-state index contributed by atoms with van der Waals surface area (Å²) in [4.78, 5) is 24.8. The summed E-state index contributed by atoms with van der Waals surface area (Å²) in [7, 11) is 1.12. The third-order valence-corrected chi connectivity index (χ3v) is 1.77. The van der Waals surface area contributed by atoms with E-state index in [0.29, 0.717) is 5.56 Å². The highest BCUT2D eigenvalue weighted by atomic mass is 16.8. The molecule has 0 atom stereocenters. The zero-order valence-corrected chi connectivity index (χ0v) is 8.80. The van der Waals surface area contributed by atoms with Gasteiger partial charge in [0.1, 0.15) is 0 Å². The van der Waals surface area contributed by atoms with Gasteiger partial charge in [0.05, 0.1) is 12.0 Å². The summed E-state index contributed by atoms with van der Waals surface area (Å²) < 4.78 is 4.18. The number of hydrogen-bond donors (Lipinski definition) is 2. The Morgan fingerprint density at radius 2 is 2.00 bits per heavy atom. The molecule has 1 rings (SSSR count). The molecule has 0 saturated carbocycles. The van der Waals surface area contributed by atoms with E-state index in [1.54, 1.807) is 0 Å². The maximum Gasteiger partial charge on any atom is 0.532 e. The van der Waals surface area contributed by atoms with Crippen molar-refractivity contribution in [2.45, 2.75) is 0 Å². The van der Waals surface area contributed by atoms with E-state index < -0.39 is 11.1 Å². The van der Waals surface area contributed by atoms with Crippen LogP contribution in [-0.4, -0.2) is 24.0 Å². The first-order chi connectivity index (χ1) is 8.04. The molecule has 0 aromatic heterocycles. The SMILES string of the molecule is COC(=O)ONC(=N)c1ccc([N+](=O)[O-])cc1. The number of benzene rings is 1. The molecule has 0 unspecified atom stereocenters. The normalized spacial score (nSPS) is 9.24. The van der Waals surface area contributed by atoms with Crippen molar-refractivity contribution < 1.29 is 19.3 Å². The Labute approximate surface area is 95.8 Å². The van der Waals surface area contributed by atoms with Gasteiger partial charge in [0, 0.05) is 17.7 Å². The van der Waals surface area contributed by atoms with Crippen LogP contribution in [0, 0.1) is 15.5 Å². The Morgan fingerprint density at radius 3 is 2.47 bits per heavy atom. The fraction of sp³-hybridized carbons (Fsp3) is 0.111. The van der Waals surface area contributed by atoms with Gasteiger partial charge in [0.2, 0.25) is 0 Å². The molecule has 0 aliphatic rings. The average Bonchev–Trinajstić information content (AvgIpc) is 2.35. The van der Waals surface area contributed by atoms with E-state index in [4.69, 9.17) is 5.41 Å². The summed E-state index contributed by atoms with van der Waals surface area (Å²) >= 11 is 0. The minimum absolute atomic E-state index is 0.0876. The second-order valence-corrected chi connectivity index (χ2v) is 2.84. The van der Waals surface area contributed by atoms with E-state index in [1.165, 1.54) is 24.3 Å². The van der Waals surface area contributed by atoms with E-state index in [1.807, 2.05) is 5.48 Å². The van der Waals surface area contributed by atoms with Gasteiger partial charge in [-0.05, 0) is 12.1 Å². The van der Waals surface area contributed by atoms with Crippen LogP contribution in [-0.2, 0) is 9.57 Å². The van der Waals surface area contributed by atoms with Crippen molar-refractivity contribution in [1.29, 1.82) is 5.41 Å². The lowest BCUT2D eigenvalue weighted by Gasteiger charge is -2.06. The summed E-state index contributed by atoms with van der Waals surface area (Å²) in [5, 5.41) is 17.8. The maximum atomic E-state index is 10.6. The summed E-state index contributed by atoms with van der Waals surface area (Å²) in [5.74, 6) is -0.217. The van der Waals surface area contributed by atoms with Gasteiger partial charge < -0.3 is 9.57 Å². The fourth-order valence-electron chi connectivity index (χ4n) is 0.943. The molecule has 0 saturated heterocycles. The standard InChI is InChI=1S/C9H9N3O5/c1-16-9(13)17-11-8(10)6-2-4-7(5-3-6)12(14)15/h2-5H,1H3,(H2,10,11).